The third-order valence-electron chi connectivity index (χ3n) is 5.57. The molecule has 1 unspecified atom stereocenters. The van der Waals surface area contributed by atoms with Crippen molar-refractivity contribution in [1.82, 2.24) is 20.1 Å². The molecule has 1 aliphatic heterocycles. The number of hydrogen-bond donors (Lipinski definition) is 1. The zero-order valence-corrected chi connectivity index (χ0v) is 16.5. The van der Waals surface area contributed by atoms with Gasteiger partial charge in [0.1, 0.15) is 0 Å². The number of nitrogens with zero attached hydrogens (tertiary/aromatic N) is 3. The Kier molecular flexibility index (Phi) is 5.24. The van der Waals surface area contributed by atoms with Gasteiger partial charge in [-0.1, -0.05) is 29.8 Å². The van der Waals surface area contributed by atoms with E-state index in [1.54, 1.807) is 6.20 Å². The number of amides is 1. The monoisotopic (exact) mass is 374 g/mol. The average molecular weight is 374 g/mol. The van der Waals surface area contributed by atoms with Crippen LogP contribution in [0, 0.1) is 13.8 Å². The van der Waals surface area contributed by atoms with Crippen molar-refractivity contribution in [2.75, 3.05) is 6.54 Å². The number of nitrogens with one attached hydrogen (secondary N) is 1. The largest absolute Gasteiger partial charge is 0.334 e. The molecule has 2 aromatic heterocycles. The van der Waals surface area contributed by atoms with Crippen LogP contribution in [0.3, 0.4) is 0 Å². The Bertz CT molecular complexity index is 978. The van der Waals surface area contributed by atoms with E-state index in [9.17, 15) is 4.79 Å². The van der Waals surface area contributed by atoms with Gasteiger partial charge in [-0.05, 0) is 55.9 Å². The summed E-state index contributed by atoms with van der Waals surface area (Å²) in [5.74, 6) is 0.183. The Balaban J connectivity index is 1.63. The molecule has 1 N–H and O–H groups in total. The zero-order valence-electron chi connectivity index (χ0n) is 16.5. The maximum absolute atomic E-state index is 13.2. The number of benzene rings is 1. The summed E-state index contributed by atoms with van der Waals surface area (Å²) in [4.78, 5) is 19.4. The number of pyridine rings is 1. The van der Waals surface area contributed by atoms with Gasteiger partial charge in [0.25, 0.3) is 0 Å². The first-order chi connectivity index (χ1) is 13.6. The van der Waals surface area contributed by atoms with Crippen molar-refractivity contribution in [2.24, 2.45) is 0 Å². The number of hydrogen-bond acceptors (Lipinski definition) is 3. The average Bonchev–Trinajstić information content (AvgIpc) is 3.18. The predicted molar refractivity (Wildman–Crippen MR) is 110 cm³/mol. The van der Waals surface area contributed by atoms with Crippen molar-refractivity contribution in [3.8, 4) is 11.1 Å². The number of rotatable bonds is 4. The minimum Gasteiger partial charge on any atom is -0.334 e. The van der Waals surface area contributed by atoms with Crippen LogP contribution in [0.1, 0.15) is 47.7 Å². The topological polar surface area (TPSA) is 61.9 Å². The summed E-state index contributed by atoms with van der Waals surface area (Å²) in [5.41, 5.74) is 6.59. The fraction of sp³-hybridized carbons (Fsp3) is 0.348. The van der Waals surface area contributed by atoms with E-state index in [0.717, 1.165) is 53.8 Å². The molecule has 1 amide bonds. The highest BCUT2D eigenvalue weighted by Crippen LogP contribution is 2.36. The number of aromatic nitrogens is 3. The highest BCUT2D eigenvalue weighted by atomic mass is 16.2. The Morgan fingerprint density at radius 3 is 2.89 bits per heavy atom. The minimum atomic E-state index is 0.0381. The summed E-state index contributed by atoms with van der Waals surface area (Å²) in [5, 5.41) is 7.52. The molecule has 28 heavy (non-hydrogen) atoms. The maximum atomic E-state index is 13.2. The van der Waals surface area contributed by atoms with Crippen LogP contribution >= 0.6 is 0 Å². The van der Waals surface area contributed by atoms with Gasteiger partial charge in [-0.2, -0.15) is 5.10 Å². The van der Waals surface area contributed by atoms with Gasteiger partial charge >= 0.3 is 0 Å². The van der Waals surface area contributed by atoms with Gasteiger partial charge in [-0.15, -0.1) is 0 Å². The van der Waals surface area contributed by atoms with Gasteiger partial charge in [0.2, 0.25) is 5.91 Å². The smallest absolute Gasteiger partial charge is 0.227 e. The number of piperidine rings is 1. The van der Waals surface area contributed by atoms with Crippen molar-refractivity contribution in [1.29, 1.82) is 0 Å². The van der Waals surface area contributed by atoms with Gasteiger partial charge in [-0.25, -0.2) is 0 Å². The molecule has 1 aliphatic rings. The van der Waals surface area contributed by atoms with E-state index in [4.69, 9.17) is 0 Å². The number of likely N-dealkylation sites (tertiary alicyclic amines) is 1. The number of aromatic amines is 1. The van der Waals surface area contributed by atoms with E-state index in [-0.39, 0.29) is 11.9 Å². The summed E-state index contributed by atoms with van der Waals surface area (Å²) in [6, 6.07) is 10.3. The molecule has 5 nitrogen and oxygen atoms in total. The van der Waals surface area contributed by atoms with Crippen LogP contribution in [-0.2, 0) is 11.2 Å². The second-order valence-electron chi connectivity index (χ2n) is 7.65. The summed E-state index contributed by atoms with van der Waals surface area (Å²) >= 11 is 0. The van der Waals surface area contributed by atoms with Crippen molar-refractivity contribution in [3.05, 3.63) is 71.3 Å². The van der Waals surface area contributed by atoms with Crippen LogP contribution < -0.4 is 0 Å². The molecule has 0 bridgehead atoms. The van der Waals surface area contributed by atoms with Crippen LogP contribution in [0.15, 0.2) is 48.9 Å². The van der Waals surface area contributed by atoms with Gasteiger partial charge in [0.05, 0.1) is 24.4 Å². The molecule has 0 saturated carbocycles. The number of H-pyrrole nitrogens is 1. The first-order valence-corrected chi connectivity index (χ1v) is 9.93. The third-order valence-corrected chi connectivity index (χ3v) is 5.57. The van der Waals surface area contributed by atoms with Crippen LogP contribution in [0.2, 0.25) is 0 Å². The standard InChI is InChI=1S/C23H26N4O/c1-16-6-5-7-18(12-16)13-22(28)27-11-4-3-8-21(27)23-20(15-25-26-23)19-9-10-24-14-17(19)2/h5-7,9-10,12,14-15,21H,3-4,8,11,13H2,1-2H3,(H,25,26). The van der Waals surface area contributed by atoms with Crippen LogP contribution in [-0.4, -0.2) is 32.5 Å². The molecule has 1 fully saturated rings. The summed E-state index contributed by atoms with van der Waals surface area (Å²) in [7, 11) is 0. The fourth-order valence-electron chi connectivity index (χ4n) is 4.17. The second-order valence-corrected chi connectivity index (χ2v) is 7.65. The molecular formula is C23H26N4O. The first-order valence-electron chi connectivity index (χ1n) is 9.93. The third kappa shape index (κ3) is 3.70. The van der Waals surface area contributed by atoms with Crippen molar-refractivity contribution in [3.63, 3.8) is 0 Å². The molecule has 0 radical (unpaired) electrons. The van der Waals surface area contributed by atoms with Gasteiger partial charge < -0.3 is 4.90 Å². The summed E-state index contributed by atoms with van der Waals surface area (Å²) in [6.45, 7) is 4.91. The zero-order chi connectivity index (χ0) is 19.5. The Hall–Kier alpha value is -2.95. The summed E-state index contributed by atoms with van der Waals surface area (Å²) < 4.78 is 0. The minimum absolute atomic E-state index is 0.0381. The van der Waals surface area contributed by atoms with E-state index < -0.39 is 0 Å². The second kappa shape index (κ2) is 7.97. The lowest BCUT2D eigenvalue weighted by atomic mass is 9.93. The molecule has 5 heteroatoms. The molecule has 1 aromatic carbocycles. The van der Waals surface area contributed by atoms with E-state index >= 15 is 0 Å². The van der Waals surface area contributed by atoms with Crippen molar-refractivity contribution >= 4 is 5.91 Å². The highest BCUT2D eigenvalue weighted by Gasteiger charge is 2.31. The summed E-state index contributed by atoms with van der Waals surface area (Å²) in [6.07, 6.45) is 9.11. The lowest BCUT2D eigenvalue weighted by Crippen LogP contribution is -2.39. The molecule has 144 valence electrons. The van der Waals surface area contributed by atoms with Crippen molar-refractivity contribution in [2.45, 2.75) is 45.6 Å². The Morgan fingerprint density at radius 1 is 1.18 bits per heavy atom. The molecule has 3 heterocycles. The van der Waals surface area contributed by atoms with Crippen LogP contribution in [0.4, 0.5) is 0 Å². The lowest BCUT2D eigenvalue weighted by molar-refractivity contribution is -0.134. The van der Waals surface area contributed by atoms with E-state index in [1.165, 1.54) is 5.56 Å². The fourth-order valence-corrected chi connectivity index (χ4v) is 4.17. The maximum Gasteiger partial charge on any atom is 0.227 e. The normalized spacial score (nSPS) is 16.9. The van der Waals surface area contributed by atoms with E-state index in [2.05, 4.69) is 41.2 Å². The Labute approximate surface area is 165 Å². The van der Waals surface area contributed by atoms with E-state index in [1.807, 2.05) is 35.5 Å². The molecule has 3 aromatic rings. The highest BCUT2D eigenvalue weighted by molar-refractivity contribution is 5.80. The van der Waals surface area contributed by atoms with Gasteiger partial charge in [0.15, 0.2) is 0 Å². The van der Waals surface area contributed by atoms with Crippen molar-refractivity contribution < 1.29 is 4.79 Å². The van der Waals surface area contributed by atoms with Gasteiger partial charge in [-0.3, -0.25) is 14.9 Å². The Morgan fingerprint density at radius 2 is 2.07 bits per heavy atom. The molecule has 0 aliphatic carbocycles. The number of carbonyl (C=O) groups excluding carboxylic acids is 1. The lowest BCUT2D eigenvalue weighted by Gasteiger charge is -2.36. The molecule has 1 saturated heterocycles. The molecular weight excluding hydrogens is 348 g/mol. The van der Waals surface area contributed by atoms with Crippen LogP contribution in [0.5, 0.6) is 0 Å². The number of carbonyl (C=O) groups is 1. The molecule has 0 spiro atoms. The SMILES string of the molecule is Cc1cccc(CC(=O)N2CCCCC2c2[nH]ncc2-c2ccncc2C)c1. The van der Waals surface area contributed by atoms with Gasteiger partial charge in [0, 0.05) is 24.5 Å². The predicted octanol–water partition coefficient (Wildman–Crippen LogP) is 4.38. The van der Waals surface area contributed by atoms with Crippen LogP contribution in [0.25, 0.3) is 11.1 Å². The first kappa shape index (κ1) is 18.4. The molecule has 1 atom stereocenters. The van der Waals surface area contributed by atoms with E-state index in [0.29, 0.717) is 6.42 Å². The quantitative estimate of drug-likeness (QED) is 0.737. The molecule has 4 rings (SSSR count). The number of aryl methyl sites for hydroxylation is 2.